The molecule has 4 aliphatic rings. The zero-order chi connectivity index (χ0) is 16.4. The van der Waals surface area contributed by atoms with Gasteiger partial charge in [-0.15, -0.1) is 0 Å². The van der Waals surface area contributed by atoms with E-state index in [9.17, 15) is 4.79 Å². The third kappa shape index (κ3) is 4.50. The highest BCUT2D eigenvalue weighted by molar-refractivity contribution is 5.81. The molecule has 4 fully saturated rings. The van der Waals surface area contributed by atoms with Crippen LogP contribution in [0, 0.1) is 11.8 Å². The Balaban J connectivity index is 1.34. The average Bonchev–Trinajstić information content (AvgIpc) is 3.50. The third-order valence-corrected chi connectivity index (χ3v) is 6.11. The molecule has 0 spiro atoms. The van der Waals surface area contributed by atoms with Crippen molar-refractivity contribution in [2.75, 3.05) is 59.0 Å². The van der Waals surface area contributed by atoms with E-state index in [0.717, 1.165) is 64.7 Å². The van der Waals surface area contributed by atoms with Crippen molar-refractivity contribution in [2.45, 2.75) is 44.6 Å². The van der Waals surface area contributed by atoms with E-state index in [1.54, 1.807) is 0 Å². The van der Waals surface area contributed by atoms with Gasteiger partial charge >= 0.3 is 0 Å². The molecule has 1 unspecified atom stereocenters. The molecule has 0 N–H and O–H groups in total. The second kappa shape index (κ2) is 7.71. The number of rotatable bonds is 7. The van der Waals surface area contributed by atoms with Crippen LogP contribution in [0.3, 0.4) is 0 Å². The van der Waals surface area contributed by atoms with Crippen LogP contribution < -0.4 is 0 Å². The van der Waals surface area contributed by atoms with Gasteiger partial charge in [-0.2, -0.15) is 0 Å². The Kier molecular flexibility index (Phi) is 5.40. The normalized spacial score (nSPS) is 29.6. The average molecular weight is 335 g/mol. The largest absolute Gasteiger partial charge is 0.379 e. The van der Waals surface area contributed by atoms with E-state index >= 15 is 0 Å². The lowest BCUT2D eigenvalue weighted by molar-refractivity contribution is -0.136. The van der Waals surface area contributed by atoms with Gasteiger partial charge in [0.15, 0.2) is 0 Å². The van der Waals surface area contributed by atoms with Crippen LogP contribution in [-0.2, 0) is 9.53 Å². The summed E-state index contributed by atoms with van der Waals surface area (Å²) in [5.41, 5.74) is 0. The van der Waals surface area contributed by atoms with Crippen LogP contribution in [-0.4, -0.2) is 85.7 Å². The number of amides is 1. The van der Waals surface area contributed by atoms with E-state index in [0.29, 0.717) is 17.9 Å². The van der Waals surface area contributed by atoms with Crippen LogP contribution in [0.5, 0.6) is 0 Å². The van der Waals surface area contributed by atoms with Gasteiger partial charge in [-0.1, -0.05) is 0 Å². The summed E-state index contributed by atoms with van der Waals surface area (Å²) < 4.78 is 5.45. The first-order valence-corrected chi connectivity index (χ1v) is 10.1. The van der Waals surface area contributed by atoms with Crippen molar-refractivity contribution in [1.29, 1.82) is 0 Å². The summed E-state index contributed by atoms with van der Waals surface area (Å²) >= 11 is 0. The van der Waals surface area contributed by atoms with Gasteiger partial charge in [-0.05, 0) is 51.0 Å². The lowest BCUT2D eigenvalue weighted by Crippen LogP contribution is -2.53. The maximum absolute atomic E-state index is 12.9. The molecular weight excluding hydrogens is 302 g/mol. The molecule has 0 aromatic carbocycles. The van der Waals surface area contributed by atoms with Gasteiger partial charge in [0.1, 0.15) is 0 Å². The van der Waals surface area contributed by atoms with Crippen molar-refractivity contribution >= 4 is 5.91 Å². The first-order chi connectivity index (χ1) is 11.8. The Hall–Kier alpha value is -0.650. The predicted octanol–water partition coefficient (Wildman–Crippen LogP) is 1.43. The molecule has 1 amide bonds. The Morgan fingerprint density at radius 3 is 2.50 bits per heavy atom. The summed E-state index contributed by atoms with van der Waals surface area (Å²) in [5, 5.41) is 0. The highest BCUT2D eigenvalue weighted by Crippen LogP contribution is 2.34. The number of carbonyl (C=O) groups is 1. The number of likely N-dealkylation sites (tertiary alicyclic amines) is 1. The first kappa shape index (κ1) is 16.8. The van der Waals surface area contributed by atoms with Gasteiger partial charge in [-0.25, -0.2) is 0 Å². The monoisotopic (exact) mass is 335 g/mol. The fourth-order valence-electron chi connectivity index (χ4n) is 4.23. The topological polar surface area (TPSA) is 36.0 Å². The summed E-state index contributed by atoms with van der Waals surface area (Å²) in [5.74, 6) is 1.74. The standard InChI is InChI=1S/C19H33N3O2/c23-19(17-5-6-17)22(9-8-20-10-12-24-13-11-20)18-2-1-7-21(15-18)14-16-3-4-16/h16-18H,1-15H2. The minimum absolute atomic E-state index is 0.341. The van der Waals surface area contributed by atoms with Gasteiger partial charge < -0.3 is 14.5 Å². The van der Waals surface area contributed by atoms with Crippen molar-refractivity contribution in [2.24, 2.45) is 11.8 Å². The maximum Gasteiger partial charge on any atom is 0.226 e. The van der Waals surface area contributed by atoms with Crippen LogP contribution in [0.1, 0.15) is 38.5 Å². The molecule has 2 aliphatic carbocycles. The highest BCUT2D eigenvalue weighted by Gasteiger charge is 2.38. The SMILES string of the molecule is O=C(C1CC1)N(CCN1CCOCC1)C1CCCN(CC2CC2)C1. The Morgan fingerprint density at radius 2 is 1.79 bits per heavy atom. The van der Waals surface area contributed by atoms with Crippen LogP contribution in [0.4, 0.5) is 0 Å². The summed E-state index contributed by atoms with van der Waals surface area (Å²) in [6, 6.07) is 0.451. The minimum Gasteiger partial charge on any atom is -0.379 e. The van der Waals surface area contributed by atoms with Crippen LogP contribution in [0.15, 0.2) is 0 Å². The molecule has 5 nitrogen and oxygen atoms in total. The number of ether oxygens (including phenoxy) is 1. The van der Waals surface area contributed by atoms with E-state index in [1.165, 1.54) is 38.8 Å². The van der Waals surface area contributed by atoms with Crippen LogP contribution in [0.25, 0.3) is 0 Å². The predicted molar refractivity (Wildman–Crippen MR) is 93.9 cm³/mol. The Bertz CT molecular complexity index is 430. The van der Waals surface area contributed by atoms with E-state index < -0.39 is 0 Å². The fourth-order valence-corrected chi connectivity index (χ4v) is 4.23. The molecule has 2 saturated carbocycles. The highest BCUT2D eigenvalue weighted by atomic mass is 16.5. The molecule has 2 heterocycles. The number of carbonyl (C=O) groups excluding carboxylic acids is 1. The van der Waals surface area contributed by atoms with Gasteiger partial charge in [0.05, 0.1) is 13.2 Å². The van der Waals surface area contributed by atoms with Gasteiger partial charge in [0.25, 0.3) is 0 Å². The molecule has 0 aromatic rings. The van der Waals surface area contributed by atoms with E-state index in [1.807, 2.05) is 0 Å². The number of piperidine rings is 1. The van der Waals surface area contributed by atoms with E-state index in [-0.39, 0.29) is 0 Å². The molecule has 0 aromatic heterocycles. The Morgan fingerprint density at radius 1 is 1.00 bits per heavy atom. The van der Waals surface area contributed by atoms with Crippen molar-refractivity contribution in [3.63, 3.8) is 0 Å². The van der Waals surface area contributed by atoms with E-state index in [4.69, 9.17) is 4.74 Å². The van der Waals surface area contributed by atoms with Gasteiger partial charge in [0, 0.05) is 51.2 Å². The zero-order valence-electron chi connectivity index (χ0n) is 15.0. The molecule has 0 radical (unpaired) electrons. The molecule has 136 valence electrons. The quantitative estimate of drug-likeness (QED) is 0.705. The van der Waals surface area contributed by atoms with Gasteiger partial charge in [0.2, 0.25) is 5.91 Å². The molecular formula is C19H33N3O2. The number of nitrogens with zero attached hydrogens (tertiary/aromatic N) is 3. The van der Waals surface area contributed by atoms with Crippen molar-refractivity contribution < 1.29 is 9.53 Å². The summed E-state index contributed by atoms with van der Waals surface area (Å²) in [4.78, 5) is 20.2. The van der Waals surface area contributed by atoms with Gasteiger partial charge in [-0.3, -0.25) is 9.69 Å². The number of hydrogen-bond acceptors (Lipinski definition) is 4. The summed E-state index contributed by atoms with van der Waals surface area (Å²) in [6.07, 6.45) is 7.52. The van der Waals surface area contributed by atoms with Crippen molar-refractivity contribution in [1.82, 2.24) is 14.7 Å². The molecule has 2 saturated heterocycles. The molecule has 24 heavy (non-hydrogen) atoms. The first-order valence-electron chi connectivity index (χ1n) is 10.1. The van der Waals surface area contributed by atoms with Crippen molar-refractivity contribution in [3.8, 4) is 0 Å². The zero-order valence-corrected chi connectivity index (χ0v) is 15.0. The summed E-state index contributed by atoms with van der Waals surface area (Å²) in [7, 11) is 0. The molecule has 5 heteroatoms. The van der Waals surface area contributed by atoms with Crippen LogP contribution in [0.2, 0.25) is 0 Å². The third-order valence-electron chi connectivity index (χ3n) is 6.11. The molecule has 4 rings (SSSR count). The number of morpholine rings is 1. The second-order valence-electron chi connectivity index (χ2n) is 8.26. The molecule has 2 aliphatic heterocycles. The molecule has 1 atom stereocenters. The Labute approximate surface area is 146 Å². The lowest BCUT2D eigenvalue weighted by atomic mass is 10.0. The minimum atomic E-state index is 0.341. The number of hydrogen-bond donors (Lipinski definition) is 0. The lowest BCUT2D eigenvalue weighted by Gasteiger charge is -2.40. The molecule has 0 bridgehead atoms. The summed E-state index contributed by atoms with van der Waals surface area (Å²) in [6.45, 7) is 9.27. The second-order valence-corrected chi connectivity index (χ2v) is 8.26. The smallest absolute Gasteiger partial charge is 0.226 e. The van der Waals surface area contributed by atoms with E-state index in [2.05, 4.69) is 14.7 Å². The fraction of sp³-hybridized carbons (Fsp3) is 0.947. The van der Waals surface area contributed by atoms with Crippen molar-refractivity contribution in [3.05, 3.63) is 0 Å². The maximum atomic E-state index is 12.9. The van der Waals surface area contributed by atoms with Crippen LogP contribution >= 0.6 is 0 Å².